The molecule has 32 nitrogen and oxygen atoms in total. The maximum Gasteiger partial charge on any atom is 0.303 e. The Balaban J connectivity index is 0.960. The third-order valence-electron chi connectivity index (χ3n) is 12.9. The number of carbonyl (C=O) groups excluding carboxylic acids is 10. The smallest absolute Gasteiger partial charge is 0.303 e. The number of hydrogen-bond acceptors (Lipinski definition) is 28. The van der Waals surface area contributed by atoms with Crippen molar-refractivity contribution in [1.29, 1.82) is 0 Å². The fourth-order valence-corrected chi connectivity index (χ4v) is 9.20. The summed E-state index contributed by atoms with van der Waals surface area (Å²) >= 11 is 0. The van der Waals surface area contributed by atoms with Crippen molar-refractivity contribution in [3.8, 4) is 23.0 Å². The molecular weight excluding hydrogens is 1200 g/mol. The summed E-state index contributed by atoms with van der Waals surface area (Å²) in [5.74, 6) is -4.87. The van der Waals surface area contributed by atoms with Gasteiger partial charge in [0.2, 0.25) is 11.8 Å². The van der Waals surface area contributed by atoms with Gasteiger partial charge in [-0.3, -0.25) is 47.9 Å². The zero-order chi connectivity index (χ0) is 66.3. The van der Waals surface area contributed by atoms with Crippen LogP contribution in [0.5, 0.6) is 23.0 Å². The minimum Gasteiger partial charge on any atom is -0.493 e. The molecule has 0 radical (unpaired) electrons. The second-order valence-electron chi connectivity index (χ2n) is 20.3. The van der Waals surface area contributed by atoms with Crippen LogP contribution in [0.2, 0.25) is 0 Å². The number of esters is 6. The van der Waals surface area contributed by atoms with Crippen LogP contribution in [-0.4, -0.2) is 191 Å². The van der Waals surface area contributed by atoms with Gasteiger partial charge in [0.15, 0.2) is 71.6 Å². The Morgan fingerprint density at radius 2 is 0.879 bits per heavy atom. The Morgan fingerprint density at radius 1 is 0.505 bits per heavy atom. The predicted molar refractivity (Wildman–Crippen MR) is 307 cm³/mol. The van der Waals surface area contributed by atoms with Crippen LogP contribution in [-0.2, 0) is 122 Å². The van der Waals surface area contributed by atoms with E-state index in [9.17, 15) is 47.9 Å². The van der Waals surface area contributed by atoms with Gasteiger partial charge in [-0.15, -0.1) is 10.2 Å². The van der Waals surface area contributed by atoms with Crippen LogP contribution in [0.1, 0.15) is 84.3 Å². The molecule has 91 heavy (non-hydrogen) atoms. The number of carbonyl (C=O) groups is 10. The summed E-state index contributed by atoms with van der Waals surface area (Å²) in [6.07, 6.45) is -1.54. The molecule has 2 fully saturated rings. The molecule has 2 saturated heterocycles. The highest BCUT2D eigenvalue weighted by atomic mass is 16.7. The lowest BCUT2D eigenvalue weighted by atomic mass is 9.96. The second-order valence-corrected chi connectivity index (χ2v) is 20.3. The molecule has 6 rings (SSSR count). The molecule has 0 aliphatic carbocycles. The van der Waals surface area contributed by atoms with E-state index in [0.29, 0.717) is 45.5 Å². The zero-order valence-corrected chi connectivity index (χ0v) is 51.5. The lowest BCUT2D eigenvalue weighted by Crippen LogP contribution is -2.66. The molecule has 0 saturated carbocycles. The Kier molecular flexibility index (Phi) is 26.6. The molecule has 2 aromatic heterocycles. The van der Waals surface area contributed by atoms with Crippen LogP contribution in [0.15, 0.2) is 60.9 Å². The molecule has 2 aliphatic heterocycles. The number of methoxy groups -OCH3 is 2. The van der Waals surface area contributed by atoms with E-state index >= 15 is 0 Å². The monoisotopic (exact) mass is 1280 g/mol. The highest BCUT2D eigenvalue weighted by Crippen LogP contribution is 2.33. The second kappa shape index (κ2) is 34.3. The number of ketones is 2. The molecule has 4 heterocycles. The maximum atomic E-state index is 12.9. The van der Waals surface area contributed by atoms with Gasteiger partial charge < -0.3 is 76.9 Å². The molecule has 0 unspecified atom stereocenters. The number of nitrogens with zero attached hydrogens (tertiary/aromatic N) is 6. The van der Waals surface area contributed by atoms with Crippen molar-refractivity contribution in [1.82, 2.24) is 40.6 Å². The van der Waals surface area contributed by atoms with Crippen LogP contribution in [0.4, 0.5) is 0 Å². The molecule has 2 aliphatic rings. The average molecular weight is 1280 g/mol. The van der Waals surface area contributed by atoms with Crippen molar-refractivity contribution < 1.29 is 114 Å². The number of benzene rings is 2. The summed E-state index contributed by atoms with van der Waals surface area (Å²) in [7, 11) is 2.89. The van der Waals surface area contributed by atoms with Crippen molar-refractivity contribution >= 4 is 71.3 Å². The van der Waals surface area contributed by atoms with Gasteiger partial charge in [-0.1, -0.05) is 34.7 Å². The zero-order valence-electron chi connectivity index (χ0n) is 51.5. The topological polar surface area (TPSA) is 385 Å². The van der Waals surface area contributed by atoms with Crippen molar-refractivity contribution in [3.05, 3.63) is 83.5 Å². The van der Waals surface area contributed by atoms with Crippen LogP contribution < -0.4 is 29.6 Å². The number of nitrogens with one attached hydrogen (secondary N) is 2. The third kappa shape index (κ3) is 22.4. The summed E-state index contributed by atoms with van der Waals surface area (Å²) in [4.78, 5) is 122. The number of allylic oxidation sites excluding steroid dienone is 2. The van der Waals surface area contributed by atoms with Gasteiger partial charge in [-0.05, 0) is 47.5 Å². The fraction of sp³-hybridized carbons (Fsp3) is 0.492. The summed E-state index contributed by atoms with van der Waals surface area (Å²) in [5.41, 5.74) is 2.00. The predicted octanol–water partition coefficient (Wildman–Crippen LogP) is 1.65. The average Bonchev–Trinajstić information content (AvgIpc) is 2.10. The van der Waals surface area contributed by atoms with Crippen molar-refractivity contribution in [2.45, 2.75) is 149 Å². The Hall–Kier alpha value is -9.66. The molecule has 32 heteroatoms. The first kappa shape index (κ1) is 70.4. The molecule has 2 aromatic carbocycles. The minimum atomic E-state index is -1.28. The number of hydrogen-bond donors (Lipinski definition) is 2. The van der Waals surface area contributed by atoms with Gasteiger partial charge in [0.05, 0.1) is 59.3 Å². The van der Waals surface area contributed by atoms with E-state index in [2.05, 4.69) is 31.3 Å². The normalized spacial score (nSPS) is 21.2. The fourth-order valence-electron chi connectivity index (χ4n) is 9.20. The third-order valence-corrected chi connectivity index (χ3v) is 12.9. The van der Waals surface area contributed by atoms with Crippen LogP contribution >= 0.6 is 0 Å². The van der Waals surface area contributed by atoms with E-state index in [1.54, 1.807) is 48.8 Å². The van der Waals surface area contributed by atoms with Crippen molar-refractivity contribution in [3.63, 3.8) is 0 Å². The van der Waals surface area contributed by atoms with Crippen molar-refractivity contribution in [2.24, 2.45) is 0 Å². The number of amides is 2. The molecule has 4 aromatic rings. The number of ether oxygens (including phenoxy) is 14. The molecule has 10 atom stereocenters. The number of rotatable bonds is 32. The Morgan fingerprint density at radius 3 is 1.22 bits per heavy atom. The molecule has 0 spiro atoms. The van der Waals surface area contributed by atoms with Gasteiger partial charge >= 0.3 is 35.8 Å². The molecule has 2 amide bonds. The van der Waals surface area contributed by atoms with Crippen LogP contribution in [0, 0.1) is 0 Å². The standard InChI is InChI=1S/C59H72N8O24/c1-32(68)60-52-56(88-38(7)74)54(86-36(5)72)50(30-82-34(3)70)90-58(52)80-21-19-66-26-42(62-64-66)28-84-46-17-13-40(23-48(46)78-9)11-15-44(76)25-45(77)16-12-41-14-18-47(49(24-41)79-10)85-29-43-27-67(65-63-43)20-22-81-59-53(61-33(2)69)57(89-39(8)75)55(87-37(6)73)51(91-59)31-83-35(4)71/h11-18,23-24,26-27,50-59H,19-22,25,28-31H2,1-10H3,(H,60,68)(H,61,69)/b15-11+,16-12+/t50-,51-,52-,53-,54+,55+,56-,57-,58-,59-/m1/s1. The summed E-state index contributed by atoms with van der Waals surface area (Å²) in [5, 5.41) is 21.8. The Bertz CT molecular complexity index is 3080. The first-order valence-corrected chi connectivity index (χ1v) is 28.2. The van der Waals surface area contributed by atoms with Crippen molar-refractivity contribution in [2.75, 3.05) is 40.6 Å². The lowest BCUT2D eigenvalue weighted by Gasteiger charge is -2.44. The van der Waals surface area contributed by atoms with Gasteiger partial charge in [0.25, 0.3) is 0 Å². The van der Waals surface area contributed by atoms with Crippen LogP contribution in [0.25, 0.3) is 12.2 Å². The van der Waals surface area contributed by atoms with Gasteiger partial charge in [0.1, 0.15) is 62.1 Å². The summed E-state index contributed by atoms with van der Waals surface area (Å²) < 4.78 is 82.1. The molecule has 492 valence electrons. The largest absolute Gasteiger partial charge is 0.493 e. The van der Waals surface area contributed by atoms with E-state index in [1.165, 1.54) is 75.6 Å². The van der Waals surface area contributed by atoms with Gasteiger partial charge in [-0.25, -0.2) is 9.36 Å². The molecular formula is C59H72N8O24. The first-order chi connectivity index (χ1) is 43.4. The highest BCUT2D eigenvalue weighted by molar-refractivity contribution is 6.11. The molecule has 0 bridgehead atoms. The van der Waals surface area contributed by atoms with E-state index < -0.39 is 127 Å². The Labute approximate surface area is 521 Å². The first-order valence-electron chi connectivity index (χ1n) is 28.2. The van der Waals surface area contributed by atoms with E-state index in [4.69, 9.17) is 66.3 Å². The van der Waals surface area contributed by atoms with Gasteiger partial charge in [-0.2, -0.15) is 0 Å². The highest BCUT2D eigenvalue weighted by Gasteiger charge is 2.53. The molecule has 2 N–H and O–H groups in total. The quantitative estimate of drug-likeness (QED) is 0.0304. The number of aromatic nitrogens is 6. The summed E-state index contributed by atoms with van der Waals surface area (Å²) in [6, 6.07) is 7.62. The van der Waals surface area contributed by atoms with Gasteiger partial charge in [0, 0.05) is 55.4 Å². The maximum absolute atomic E-state index is 12.9. The lowest BCUT2D eigenvalue weighted by molar-refractivity contribution is -0.278. The van der Waals surface area contributed by atoms with E-state index in [0.717, 1.165) is 27.7 Å². The van der Waals surface area contributed by atoms with E-state index in [-0.39, 0.29) is 52.7 Å². The summed E-state index contributed by atoms with van der Waals surface area (Å²) in [6.45, 7) is 8.62. The minimum absolute atomic E-state index is 0.0325. The van der Waals surface area contributed by atoms with E-state index in [1.807, 2.05) is 0 Å². The SMILES string of the molecule is COc1cc(/C=C/C(=O)CC(=O)/C=C/c2ccc(OCc3cn(CCO[C@@H]4O[C@H](COC(C)=O)[C@H](OC(C)=O)[C@H](OC(C)=O)[C@H]4NC(C)=O)nn3)c(OC)c2)ccc1OCc1cn(CCO[C@@H]2O[C@H](COC(C)=O)[C@H](OC(C)=O)[C@H](OC(C)=O)[C@H]2NC(C)=O)nn1. The van der Waals surface area contributed by atoms with Crippen LogP contribution in [0.3, 0.4) is 0 Å².